The average molecular weight is 199 g/mol. The van der Waals surface area contributed by atoms with Gasteiger partial charge in [0.1, 0.15) is 5.76 Å². The molecule has 4 nitrogen and oxygen atoms in total. The van der Waals surface area contributed by atoms with E-state index in [2.05, 4.69) is 5.32 Å². The standard InChI is InChI=1S/C10H17NO3/c1-8(9-4-3-5-14-9)11-10(2,6-12)7-13/h3-5,8,11-13H,6-7H2,1-2H3. The van der Waals surface area contributed by atoms with E-state index in [1.807, 2.05) is 19.1 Å². The number of hydrogen-bond donors (Lipinski definition) is 3. The summed E-state index contributed by atoms with van der Waals surface area (Å²) in [5.41, 5.74) is -0.674. The minimum Gasteiger partial charge on any atom is -0.468 e. The van der Waals surface area contributed by atoms with Gasteiger partial charge in [-0.05, 0) is 26.0 Å². The van der Waals surface area contributed by atoms with Crippen molar-refractivity contribution >= 4 is 0 Å². The van der Waals surface area contributed by atoms with Crippen molar-refractivity contribution in [2.24, 2.45) is 0 Å². The second kappa shape index (κ2) is 4.59. The molecule has 0 fully saturated rings. The molecule has 14 heavy (non-hydrogen) atoms. The molecule has 0 bridgehead atoms. The fourth-order valence-corrected chi connectivity index (χ4v) is 1.27. The minimum atomic E-state index is -0.674. The smallest absolute Gasteiger partial charge is 0.120 e. The van der Waals surface area contributed by atoms with Gasteiger partial charge >= 0.3 is 0 Å². The SMILES string of the molecule is CC(NC(C)(CO)CO)c1ccco1. The van der Waals surface area contributed by atoms with Crippen LogP contribution in [0.1, 0.15) is 25.6 Å². The molecule has 4 heteroatoms. The summed E-state index contributed by atoms with van der Waals surface area (Å²) in [4.78, 5) is 0. The summed E-state index contributed by atoms with van der Waals surface area (Å²) >= 11 is 0. The van der Waals surface area contributed by atoms with Gasteiger partial charge in [0.15, 0.2) is 0 Å². The Hall–Kier alpha value is -0.840. The third kappa shape index (κ3) is 2.57. The van der Waals surface area contributed by atoms with Crippen LogP contribution < -0.4 is 5.32 Å². The molecule has 1 rings (SSSR count). The summed E-state index contributed by atoms with van der Waals surface area (Å²) in [5, 5.41) is 21.3. The van der Waals surface area contributed by atoms with Crippen LogP contribution in [0.2, 0.25) is 0 Å². The highest BCUT2D eigenvalue weighted by atomic mass is 16.3. The van der Waals surface area contributed by atoms with Crippen LogP contribution in [0, 0.1) is 0 Å². The van der Waals surface area contributed by atoms with Crippen LogP contribution in [-0.4, -0.2) is 29.0 Å². The number of aliphatic hydroxyl groups excluding tert-OH is 2. The highest BCUT2D eigenvalue weighted by Gasteiger charge is 2.25. The van der Waals surface area contributed by atoms with Crippen LogP contribution in [0.25, 0.3) is 0 Å². The van der Waals surface area contributed by atoms with Gasteiger partial charge in [0.05, 0.1) is 31.1 Å². The Morgan fingerprint density at radius 3 is 2.57 bits per heavy atom. The second-order valence-corrected chi connectivity index (χ2v) is 3.76. The van der Waals surface area contributed by atoms with Crippen molar-refractivity contribution in [2.75, 3.05) is 13.2 Å². The number of hydrogen-bond acceptors (Lipinski definition) is 4. The molecule has 0 radical (unpaired) electrons. The predicted octanol–water partition coefficient (Wildman–Crippen LogP) is 0.673. The zero-order valence-electron chi connectivity index (χ0n) is 8.53. The number of nitrogens with one attached hydrogen (secondary N) is 1. The molecule has 0 saturated carbocycles. The topological polar surface area (TPSA) is 65.6 Å². The van der Waals surface area contributed by atoms with Crippen LogP contribution in [0.15, 0.2) is 22.8 Å². The summed E-state index contributed by atoms with van der Waals surface area (Å²) in [6.07, 6.45) is 1.60. The summed E-state index contributed by atoms with van der Waals surface area (Å²) in [5.74, 6) is 0.790. The maximum atomic E-state index is 9.08. The Morgan fingerprint density at radius 2 is 2.14 bits per heavy atom. The van der Waals surface area contributed by atoms with E-state index in [1.54, 1.807) is 13.2 Å². The summed E-state index contributed by atoms with van der Waals surface area (Å²) in [6.45, 7) is 3.44. The zero-order valence-corrected chi connectivity index (χ0v) is 8.53. The lowest BCUT2D eigenvalue weighted by Crippen LogP contribution is -2.49. The van der Waals surface area contributed by atoms with Gasteiger partial charge in [0, 0.05) is 0 Å². The van der Waals surface area contributed by atoms with Crippen LogP contribution >= 0.6 is 0 Å². The van der Waals surface area contributed by atoms with Crippen molar-refractivity contribution < 1.29 is 14.6 Å². The summed E-state index contributed by atoms with van der Waals surface area (Å²) in [7, 11) is 0. The van der Waals surface area contributed by atoms with Gasteiger partial charge in [-0.25, -0.2) is 0 Å². The van der Waals surface area contributed by atoms with Gasteiger partial charge in [-0.15, -0.1) is 0 Å². The van der Waals surface area contributed by atoms with Gasteiger partial charge in [-0.1, -0.05) is 0 Å². The van der Waals surface area contributed by atoms with E-state index < -0.39 is 5.54 Å². The molecule has 3 N–H and O–H groups in total. The Balaban J connectivity index is 2.60. The van der Waals surface area contributed by atoms with Gasteiger partial charge < -0.3 is 14.6 Å². The fourth-order valence-electron chi connectivity index (χ4n) is 1.27. The van der Waals surface area contributed by atoms with Gasteiger partial charge in [-0.2, -0.15) is 0 Å². The first-order valence-corrected chi connectivity index (χ1v) is 4.64. The van der Waals surface area contributed by atoms with Crippen molar-refractivity contribution in [3.05, 3.63) is 24.2 Å². The molecule has 0 aromatic carbocycles. The molecule has 80 valence electrons. The average Bonchev–Trinajstić information content (AvgIpc) is 2.70. The van der Waals surface area contributed by atoms with Crippen molar-refractivity contribution in [1.82, 2.24) is 5.32 Å². The Bertz CT molecular complexity index is 254. The van der Waals surface area contributed by atoms with Crippen LogP contribution in [-0.2, 0) is 0 Å². The van der Waals surface area contributed by atoms with Gasteiger partial charge in [0.2, 0.25) is 0 Å². The highest BCUT2D eigenvalue weighted by molar-refractivity contribution is 5.04. The van der Waals surface area contributed by atoms with Crippen molar-refractivity contribution in [2.45, 2.75) is 25.4 Å². The molecule has 1 heterocycles. The quantitative estimate of drug-likeness (QED) is 0.652. The molecule has 1 aromatic heterocycles. The van der Waals surface area contributed by atoms with Crippen molar-refractivity contribution in [1.29, 1.82) is 0 Å². The molecular weight excluding hydrogens is 182 g/mol. The highest BCUT2D eigenvalue weighted by Crippen LogP contribution is 2.16. The van der Waals surface area contributed by atoms with Crippen molar-refractivity contribution in [3.63, 3.8) is 0 Å². The lowest BCUT2D eigenvalue weighted by atomic mass is 10.0. The normalized spacial score (nSPS) is 14.3. The van der Waals surface area contributed by atoms with Crippen LogP contribution in [0.3, 0.4) is 0 Å². The number of furan rings is 1. The van der Waals surface area contributed by atoms with Gasteiger partial charge in [0.25, 0.3) is 0 Å². The van der Waals surface area contributed by atoms with E-state index >= 15 is 0 Å². The molecule has 1 atom stereocenters. The van der Waals surface area contributed by atoms with Crippen LogP contribution in [0.4, 0.5) is 0 Å². The number of rotatable bonds is 5. The fraction of sp³-hybridized carbons (Fsp3) is 0.600. The molecule has 0 aliphatic rings. The Labute approximate surface area is 83.6 Å². The lowest BCUT2D eigenvalue weighted by molar-refractivity contribution is 0.0932. The summed E-state index contributed by atoms with van der Waals surface area (Å²) in [6, 6.07) is 3.63. The van der Waals surface area contributed by atoms with Crippen molar-refractivity contribution in [3.8, 4) is 0 Å². The van der Waals surface area contributed by atoms with E-state index in [-0.39, 0.29) is 19.3 Å². The monoisotopic (exact) mass is 199 g/mol. The van der Waals surface area contributed by atoms with E-state index in [1.165, 1.54) is 0 Å². The predicted molar refractivity (Wildman–Crippen MR) is 52.8 cm³/mol. The third-order valence-electron chi connectivity index (χ3n) is 2.23. The molecule has 0 amide bonds. The van der Waals surface area contributed by atoms with E-state index in [4.69, 9.17) is 14.6 Å². The maximum absolute atomic E-state index is 9.08. The second-order valence-electron chi connectivity index (χ2n) is 3.76. The Morgan fingerprint density at radius 1 is 1.50 bits per heavy atom. The summed E-state index contributed by atoms with van der Waals surface area (Å²) < 4.78 is 5.20. The third-order valence-corrected chi connectivity index (χ3v) is 2.23. The number of aliphatic hydroxyl groups is 2. The first-order valence-electron chi connectivity index (χ1n) is 4.64. The van der Waals surface area contributed by atoms with Crippen LogP contribution in [0.5, 0.6) is 0 Å². The first-order chi connectivity index (χ1) is 6.61. The molecule has 1 aromatic rings. The van der Waals surface area contributed by atoms with Gasteiger partial charge in [-0.3, -0.25) is 5.32 Å². The van der Waals surface area contributed by atoms with E-state index in [9.17, 15) is 0 Å². The maximum Gasteiger partial charge on any atom is 0.120 e. The molecule has 0 aliphatic carbocycles. The minimum absolute atomic E-state index is 0.0331. The molecule has 0 spiro atoms. The zero-order chi connectivity index (χ0) is 10.6. The largest absolute Gasteiger partial charge is 0.468 e. The first kappa shape index (κ1) is 11.2. The van der Waals surface area contributed by atoms with E-state index in [0.717, 1.165) is 5.76 Å². The molecule has 0 aliphatic heterocycles. The lowest BCUT2D eigenvalue weighted by Gasteiger charge is -2.29. The Kier molecular flexibility index (Phi) is 3.69. The molecular formula is C10H17NO3. The molecule has 1 unspecified atom stereocenters. The molecule has 0 saturated heterocycles. The van der Waals surface area contributed by atoms with E-state index in [0.29, 0.717) is 0 Å².